The molecule has 96 valence electrons. The number of benzene rings is 3. The van der Waals surface area contributed by atoms with E-state index >= 15 is 0 Å². The van der Waals surface area contributed by atoms with Gasteiger partial charge in [-0.15, -0.1) is 0 Å². The second-order valence-corrected chi connectivity index (χ2v) is 5.27. The molecule has 0 saturated carbocycles. The summed E-state index contributed by atoms with van der Waals surface area (Å²) in [6.07, 6.45) is 1.01. The molecule has 0 amide bonds. The Morgan fingerprint density at radius 3 is 2.30 bits per heavy atom. The van der Waals surface area contributed by atoms with Crippen molar-refractivity contribution in [2.24, 2.45) is 0 Å². The Bertz CT molecular complexity index is 890. The normalized spacial score (nSPS) is 14.8. The van der Waals surface area contributed by atoms with Gasteiger partial charge in [0.1, 0.15) is 0 Å². The van der Waals surface area contributed by atoms with Crippen molar-refractivity contribution in [2.75, 3.05) is 0 Å². The highest BCUT2D eigenvalue weighted by Gasteiger charge is 2.26. The lowest BCUT2D eigenvalue weighted by Crippen LogP contribution is -2.22. The molecule has 3 aromatic carbocycles. The second-order valence-electron chi connectivity index (χ2n) is 5.27. The van der Waals surface area contributed by atoms with Gasteiger partial charge in [-0.1, -0.05) is 36.4 Å². The summed E-state index contributed by atoms with van der Waals surface area (Å²) in [6.45, 7) is 0. The molecule has 0 atom stereocenters. The monoisotopic (exact) mass is 260 g/mol. The molecule has 0 N–H and O–H groups in total. The van der Waals surface area contributed by atoms with Crippen LogP contribution in [0.25, 0.3) is 21.5 Å². The summed E-state index contributed by atoms with van der Waals surface area (Å²) in [5, 5.41) is 4.17. The van der Waals surface area contributed by atoms with Gasteiger partial charge in [0.25, 0.3) is 0 Å². The van der Waals surface area contributed by atoms with Gasteiger partial charge in [-0.3, -0.25) is 9.59 Å². The van der Waals surface area contributed by atoms with Gasteiger partial charge >= 0.3 is 0 Å². The summed E-state index contributed by atoms with van der Waals surface area (Å²) in [5.41, 5.74) is 1.61. The van der Waals surface area contributed by atoms with Crippen molar-refractivity contribution in [3.63, 3.8) is 0 Å². The van der Waals surface area contributed by atoms with Crippen molar-refractivity contribution in [3.05, 3.63) is 59.7 Å². The van der Waals surface area contributed by atoms with E-state index in [2.05, 4.69) is 12.1 Å². The molecule has 0 fully saturated rings. The molecule has 2 nitrogen and oxygen atoms in total. The molecular weight excluding hydrogens is 248 g/mol. The molecule has 1 aliphatic carbocycles. The molecule has 1 aliphatic rings. The van der Waals surface area contributed by atoms with Gasteiger partial charge in [0.05, 0.1) is 0 Å². The number of aryl methyl sites for hydroxylation is 1. The first kappa shape index (κ1) is 11.4. The van der Waals surface area contributed by atoms with Crippen molar-refractivity contribution in [1.82, 2.24) is 0 Å². The maximum absolute atomic E-state index is 12.2. The molecule has 0 heterocycles. The molecular formula is C18H12O2. The Balaban J connectivity index is 2.14. The molecule has 0 unspecified atom stereocenters. The van der Waals surface area contributed by atoms with E-state index in [9.17, 15) is 9.59 Å². The lowest BCUT2D eigenvalue weighted by molar-refractivity contribution is -0.115. The van der Waals surface area contributed by atoms with E-state index in [1.165, 1.54) is 0 Å². The number of rotatable bonds is 0. The fourth-order valence-corrected chi connectivity index (χ4v) is 3.04. The Morgan fingerprint density at radius 1 is 0.750 bits per heavy atom. The van der Waals surface area contributed by atoms with Crippen LogP contribution in [0.5, 0.6) is 0 Å². The minimum absolute atomic E-state index is 0.266. The van der Waals surface area contributed by atoms with E-state index in [0.717, 1.165) is 27.1 Å². The van der Waals surface area contributed by atoms with Gasteiger partial charge in [-0.05, 0) is 45.7 Å². The molecule has 4 rings (SSSR count). The molecule has 0 bridgehead atoms. The van der Waals surface area contributed by atoms with Crippen molar-refractivity contribution < 1.29 is 9.59 Å². The summed E-state index contributed by atoms with van der Waals surface area (Å²) < 4.78 is 0. The first-order valence-electron chi connectivity index (χ1n) is 6.76. The molecule has 3 aromatic rings. The Morgan fingerprint density at radius 2 is 1.50 bits per heavy atom. The molecule has 2 heteroatoms. The molecule has 0 spiro atoms. The van der Waals surface area contributed by atoms with Crippen LogP contribution in [0.3, 0.4) is 0 Å². The minimum Gasteiger partial charge on any atom is -0.290 e. The van der Waals surface area contributed by atoms with E-state index in [1.807, 2.05) is 36.4 Å². The van der Waals surface area contributed by atoms with Crippen LogP contribution < -0.4 is 0 Å². The standard InChI is InChI=1S/C18H12O2/c19-16-8-7-11-5-6-14-9-12-3-1-2-4-13(12)10-15(14)17(11)18(16)20/h1-6,9-10H,7-8H2. The minimum atomic E-state index is -0.327. The van der Waals surface area contributed by atoms with Crippen molar-refractivity contribution >= 4 is 33.1 Å². The molecule has 0 radical (unpaired) electrons. The molecule has 0 saturated heterocycles. The summed E-state index contributed by atoms with van der Waals surface area (Å²) in [6, 6.07) is 16.2. The van der Waals surface area contributed by atoms with Crippen molar-refractivity contribution in [3.8, 4) is 0 Å². The first-order chi connectivity index (χ1) is 9.74. The zero-order valence-corrected chi connectivity index (χ0v) is 10.8. The third-order valence-corrected chi connectivity index (χ3v) is 4.07. The van der Waals surface area contributed by atoms with Crippen LogP contribution in [-0.2, 0) is 11.2 Å². The van der Waals surface area contributed by atoms with Crippen LogP contribution in [0.2, 0.25) is 0 Å². The van der Waals surface area contributed by atoms with Crippen LogP contribution in [0.15, 0.2) is 48.5 Å². The van der Waals surface area contributed by atoms with Gasteiger partial charge in [0.2, 0.25) is 11.6 Å². The third-order valence-electron chi connectivity index (χ3n) is 4.07. The lowest BCUT2D eigenvalue weighted by Gasteiger charge is -2.16. The largest absolute Gasteiger partial charge is 0.290 e. The molecule has 0 aliphatic heterocycles. The highest BCUT2D eigenvalue weighted by Crippen LogP contribution is 2.31. The van der Waals surface area contributed by atoms with Crippen LogP contribution in [0.1, 0.15) is 22.3 Å². The van der Waals surface area contributed by atoms with Crippen molar-refractivity contribution in [1.29, 1.82) is 0 Å². The number of ketones is 2. The maximum Gasteiger partial charge on any atom is 0.229 e. The molecule has 0 aromatic heterocycles. The second kappa shape index (κ2) is 4.01. The first-order valence-corrected chi connectivity index (χ1v) is 6.76. The number of carbonyl (C=O) groups excluding carboxylic acids is 2. The molecule has 20 heavy (non-hydrogen) atoms. The smallest absolute Gasteiger partial charge is 0.229 e. The van der Waals surface area contributed by atoms with E-state index < -0.39 is 0 Å². The van der Waals surface area contributed by atoms with Gasteiger partial charge in [0, 0.05) is 12.0 Å². The van der Waals surface area contributed by atoms with E-state index in [0.29, 0.717) is 18.4 Å². The summed E-state index contributed by atoms with van der Waals surface area (Å²) in [4.78, 5) is 23.9. The number of fused-ring (bicyclic) bond motifs is 4. The highest BCUT2D eigenvalue weighted by atomic mass is 16.2. The fraction of sp³-hybridized carbons (Fsp3) is 0.111. The Labute approximate surface area is 116 Å². The van der Waals surface area contributed by atoms with E-state index in [-0.39, 0.29) is 11.6 Å². The third kappa shape index (κ3) is 1.51. The fourth-order valence-electron chi connectivity index (χ4n) is 3.04. The lowest BCUT2D eigenvalue weighted by atomic mass is 9.85. The number of hydrogen-bond donors (Lipinski definition) is 0. The van der Waals surface area contributed by atoms with Crippen LogP contribution >= 0.6 is 0 Å². The quantitative estimate of drug-likeness (QED) is 0.456. The summed E-state index contributed by atoms with van der Waals surface area (Å²) >= 11 is 0. The van der Waals surface area contributed by atoms with Gasteiger partial charge in [-0.2, -0.15) is 0 Å². The topological polar surface area (TPSA) is 34.1 Å². The zero-order valence-electron chi connectivity index (χ0n) is 10.8. The van der Waals surface area contributed by atoms with Gasteiger partial charge in [0.15, 0.2) is 0 Å². The maximum atomic E-state index is 12.2. The van der Waals surface area contributed by atoms with Crippen LogP contribution in [0.4, 0.5) is 0 Å². The predicted molar refractivity (Wildman–Crippen MR) is 79.1 cm³/mol. The number of hydrogen-bond acceptors (Lipinski definition) is 2. The van der Waals surface area contributed by atoms with Crippen LogP contribution in [0, 0.1) is 0 Å². The van der Waals surface area contributed by atoms with Gasteiger partial charge in [-0.25, -0.2) is 0 Å². The van der Waals surface area contributed by atoms with E-state index in [1.54, 1.807) is 0 Å². The van der Waals surface area contributed by atoms with Gasteiger partial charge < -0.3 is 0 Å². The van der Waals surface area contributed by atoms with Crippen LogP contribution in [-0.4, -0.2) is 11.6 Å². The Kier molecular flexibility index (Phi) is 2.27. The number of Topliss-reactive ketones (excluding diaryl/α,β-unsaturated/α-hetero) is 2. The average molecular weight is 260 g/mol. The highest BCUT2D eigenvalue weighted by molar-refractivity contribution is 6.47. The zero-order chi connectivity index (χ0) is 13.7. The average Bonchev–Trinajstić information content (AvgIpc) is 2.48. The Hall–Kier alpha value is -2.48. The number of carbonyl (C=O) groups is 2. The van der Waals surface area contributed by atoms with Crippen molar-refractivity contribution in [2.45, 2.75) is 12.8 Å². The van der Waals surface area contributed by atoms with E-state index in [4.69, 9.17) is 0 Å². The summed E-state index contributed by atoms with van der Waals surface area (Å²) in [5.74, 6) is -0.592. The predicted octanol–water partition coefficient (Wildman–Crippen LogP) is 3.69. The summed E-state index contributed by atoms with van der Waals surface area (Å²) in [7, 11) is 0. The SMILES string of the molecule is O=C1CCc2ccc3cc4ccccc4cc3c2C1=O.